The van der Waals surface area contributed by atoms with Gasteiger partial charge in [-0.3, -0.25) is 4.99 Å². The first-order valence-corrected chi connectivity index (χ1v) is 4.17. The molecule has 0 unspecified atom stereocenters. The van der Waals surface area contributed by atoms with E-state index in [-0.39, 0.29) is 5.54 Å². The second kappa shape index (κ2) is 2.76. The molecule has 0 N–H and O–H groups in total. The van der Waals surface area contributed by atoms with Crippen molar-refractivity contribution in [2.45, 2.75) is 33.2 Å². The van der Waals surface area contributed by atoms with Crippen molar-refractivity contribution in [2.24, 2.45) is 21.8 Å². The van der Waals surface area contributed by atoms with E-state index in [0.29, 0.717) is 11.8 Å². The molecule has 0 spiro atoms. The topological polar surface area (TPSA) is 24.7 Å². The van der Waals surface area contributed by atoms with Gasteiger partial charge in [-0.2, -0.15) is 0 Å². The second-order valence-corrected chi connectivity index (χ2v) is 3.72. The van der Waals surface area contributed by atoms with E-state index in [2.05, 4.69) is 37.7 Å². The van der Waals surface area contributed by atoms with Gasteiger partial charge < -0.3 is 0 Å². The van der Waals surface area contributed by atoms with Gasteiger partial charge in [0, 0.05) is 6.21 Å². The van der Waals surface area contributed by atoms with Gasteiger partial charge in [-0.15, -0.1) is 0 Å². The van der Waals surface area contributed by atoms with Crippen molar-refractivity contribution in [1.29, 1.82) is 0 Å². The van der Waals surface area contributed by atoms with Crippen LogP contribution in [0.2, 0.25) is 0 Å². The fourth-order valence-electron chi connectivity index (χ4n) is 1.58. The summed E-state index contributed by atoms with van der Waals surface area (Å²) in [7, 11) is 0. The fourth-order valence-corrected chi connectivity index (χ4v) is 1.58. The van der Waals surface area contributed by atoms with Crippen LogP contribution in [-0.2, 0) is 0 Å². The lowest BCUT2D eigenvalue weighted by Gasteiger charge is -2.31. The number of hydrogen-bond donors (Lipinski definition) is 0. The minimum absolute atomic E-state index is 0.0278. The zero-order valence-electron chi connectivity index (χ0n) is 7.70. The molecule has 0 aromatic carbocycles. The van der Waals surface area contributed by atoms with E-state index in [0.717, 1.165) is 0 Å². The van der Waals surface area contributed by atoms with E-state index in [1.165, 1.54) is 0 Å². The molecule has 1 heterocycles. The number of rotatable bonds is 2. The van der Waals surface area contributed by atoms with Gasteiger partial charge in [0.15, 0.2) is 0 Å². The molecule has 1 aliphatic rings. The quantitative estimate of drug-likeness (QED) is 0.579. The Morgan fingerprint density at radius 3 is 1.82 bits per heavy atom. The first-order chi connectivity index (χ1) is 5.09. The Kier molecular flexibility index (Phi) is 2.12. The summed E-state index contributed by atoms with van der Waals surface area (Å²) in [5.74, 6) is 1.06. The zero-order valence-corrected chi connectivity index (χ0v) is 7.70. The Hall–Kier alpha value is -0.660. The van der Waals surface area contributed by atoms with Crippen LogP contribution in [0.3, 0.4) is 0 Å². The predicted octanol–water partition coefficient (Wildman–Crippen LogP) is 2.15. The standard InChI is InChI=1S/C9H16N2/c1-7(2)9(8(3)4)5-10-6-11-9/h5-8H,1-4H3. The third-order valence-corrected chi connectivity index (χ3v) is 2.48. The lowest BCUT2D eigenvalue weighted by molar-refractivity contribution is 0.328. The first-order valence-electron chi connectivity index (χ1n) is 4.17. The van der Waals surface area contributed by atoms with Crippen molar-refractivity contribution in [1.82, 2.24) is 0 Å². The Morgan fingerprint density at radius 1 is 1.09 bits per heavy atom. The maximum atomic E-state index is 4.42. The van der Waals surface area contributed by atoms with Gasteiger partial charge in [0.2, 0.25) is 0 Å². The number of aliphatic imine (C=N–C) groups is 2. The SMILES string of the molecule is CC(C)C1(C(C)C)C=NC=N1. The molecule has 0 radical (unpaired) electrons. The van der Waals surface area contributed by atoms with Crippen LogP contribution in [0.4, 0.5) is 0 Å². The third kappa shape index (κ3) is 1.22. The summed E-state index contributed by atoms with van der Waals surface area (Å²) in [6.45, 7) is 8.76. The Morgan fingerprint density at radius 2 is 1.64 bits per heavy atom. The Labute approximate surface area is 68.4 Å². The average molecular weight is 152 g/mol. The lowest BCUT2D eigenvalue weighted by atomic mass is 9.79. The maximum Gasteiger partial charge on any atom is 0.110 e. The highest BCUT2D eigenvalue weighted by molar-refractivity contribution is 5.86. The summed E-state index contributed by atoms with van der Waals surface area (Å²) in [6.07, 6.45) is 3.64. The van der Waals surface area contributed by atoms with Crippen molar-refractivity contribution in [3.8, 4) is 0 Å². The van der Waals surface area contributed by atoms with E-state index < -0.39 is 0 Å². The van der Waals surface area contributed by atoms with Crippen molar-refractivity contribution in [3.63, 3.8) is 0 Å². The van der Waals surface area contributed by atoms with Crippen LogP contribution in [-0.4, -0.2) is 18.1 Å². The second-order valence-electron chi connectivity index (χ2n) is 3.72. The normalized spacial score (nSPS) is 20.5. The van der Waals surface area contributed by atoms with Gasteiger partial charge in [-0.25, -0.2) is 4.99 Å². The molecular weight excluding hydrogens is 136 g/mol. The highest BCUT2D eigenvalue weighted by atomic mass is 15.0. The van der Waals surface area contributed by atoms with E-state index in [9.17, 15) is 0 Å². The summed E-state index contributed by atoms with van der Waals surface area (Å²) < 4.78 is 0. The lowest BCUT2D eigenvalue weighted by Crippen LogP contribution is -2.38. The van der Waals surface area contributed by atoms with E-state index in [1.54, 1.807) is 6.34 Å². The largest absolute Gasteiger partial charge is 0.261 e. The van der Waals surface area contributed by atoms with Gasteiger partial charge in [0.05, 0.1) is 0 Å². The predicted molar refractivity (Wildman–Crippen MR) is 49.4 cm³/mol. The summed E-state index contributed by atoms with van der Waals surface area (Å²) >= 11 is 0. The molecule has 0 saturated carbocycles. The molecule has 0 saturated heterocycles. The zero-order chi connectivity index (χ0) is 8.48. The fraction of sp³-hybridized carbons (Fsp3) is 0.778. The maximum absolute atomic E-state index is 4.42. The molecular formula is C9H16N2. The molecule has 0 fully saturated rings. The summed E-state index contributed by atoms with van der Waals surface area (Å²) in [5.41, 5.74) is -0.0278. The molecule has 0 bridgehead atoms. The van der Waals surface area contributed by atoms with Crippen molar-refractivity contribution in [3.05, 3.63) is 0 Å². The first kappa shape index (κ1) is 8.44. The van der Waals surface area contributed by atoms with Crippen LogP contribution in [0.25, 0.3) is 0 Å². The Balaban J connectivity index is 2.90. The van der Waals surface area contributed by atoms with Gasteiger partial charge in [0.1, 0.15) is 11.9 Å². The van der Waals surface area contributed by atoms with Crippen LogP contribution >= 0.6 is 0 Å². The summed E-state index contributed by atoms with van der Waals surface area (Å²) in [5, 5.41) is 0. The molecule has 11 heavy (non-hydrogen) atoms. The van der Waals surface area contributed by atoms with E-state index in [4.69, 9.17) is 0 Å². The van der Waals surface area contributed by atoms with Crippen LogP contribution in [0, 0.1) is 11.8 Å². The summed E-state index contributed by atoms with van der Waals surface area (Å²) in [6, 6.07) is 0. The third-order valence-electron chi connectivity index (χ3n) is 2.48. The van der Waals surface area contributed by atoms with Gasteiger partial charge >= 0.3 is 0 Å². The number of nitrogens with zero attached hydrogens (tertiary/aromatic N) is 2. The average Bonchev–Trinajstić information content (AvgIpc) is 2.34. The molecule has 0 atom stereocenters. The van der Waals surface area contributed by atoms with Gasteiger partial charge in [-0.1, -0.05) is 27.7 Å². The van der Waals surface area contributed by atoms with Crippen LogP contribution < -0.4 is 0 Å². The molecule has 1 aliphatic heterocycles. The van der Waals surface area contributed by atoms with Crippen molar-refractivity contribution < 1.29 is 0 Å². The highest BCUT2D eigenvalue weighted by Gasteiger charge is 2.36. The summed E-state index contributed by atoms with van der Waals surface area (Å²) in [4.78, 5) is 8.48. The molecule has 0 aromatic rings. The van der Waals surface area contributed by atoms with Crippen LogP contribution in [0.15, 0.2) is 9.98 Å². The molecule has 0 aliphatic carbocycles. The molecule has 2 heteroatoms. The minimum Gasteiger partial charge on any atom is -0.261 e. The minimum atomic E-state index is -0.0278. The molecule has 2 nitrogen and oxygen atoms in total. The molecule has 1 rings (SSSR count). The van der Waals surface area contributed by atoms with Crippen LogP contribution in [0.5, 0.6) is 0 Å². The molecule has 62 valence electrons. The van der Waals surface area contributed by atoms with E-state index in [1.807, 2.05) is 6.21 Å². The van der Waals surface area contributed by atoms with Gasteiger partial charge in [-0.05, 0) is 11.8 Å². The van der Waals surface area contributed by atoms with Gasteiger partial charge in [0.25, 0.3) is 0 Å². The monoisotopic (exact) mass is 152 g/mol. The highest BCUT2D eigenvalue weighted by Crippen LogP contribution is 2.30. The molecule has 0 aromatic heterocycles. The molecule has 0 amide bonds. The smallest absolute Gasteiger partial charge is 0.110 e. The van der Waals surface area contributed by atoms with Crippen molar-refractivity contribution >= 4 is 12.6 Å². The van der Waals surface area contributed by atoms with Crippen LogP contribution in [0.1, 0.15) is 27.7 Å². The van der Waals surface area contributed by atoms with Crippen molar-refractivity contribution in [2.75, 3.05) is 0 Å². The Bertz CT molecular complexity index is 168. The number of hydrogen-bond acceptors (Lipinski definition) is 2. The van der Waals surface area contributed by atoms with E-state index >= 15 is 0 Å².